The molecule has 0 radical (unpaired) electrons. The van der Waals surface area contributed by atoms with Crippen molar-refractivity contribution in [3.05, 3.63) is 70.5 Å². The molecule has 150 valence electrons. The van der Waals surface area contributed by atoms with Crippen LogP contribution in [0.4, 0.5) is 8.78 Å². The van der Waals surface area contributed by atoms with Crippen molar-refractivity contribution >= 4 is 12.2 Å². The van der Waals surface area contributed by atoms with Crippen molar-refractivity contribution in [2.75, 3.05) is 0 Å². The van der Waals surface area contributed by atoms with Gasteiger partial charge in [0.1, 0.15) is 11.6 Å². The van der Waals surface area contributed by atoms with Crippen molar-refractivity contribution in [1.82, 2.24) is 19.7 Å². The fourth-order valence-electron chi connectivity index (χ4n) is 4.10. The summed E-state index contributed by atoms with van der Waals surface area (Å²) in [4.78, 5) is 0. The lowest BCUT2D eigenvalue weighted by molar-refractivity contribution is 0.166. The van der Waals surface area contributed by atoms with E-state index in [1.165, 1.54) is 18.2 Å². The Labute approximate surface area is 173 Å². The second kappa shape index (κ2) is 7.15. The Bertz CT molecular complexity index is 1090. The molecule has 0 spiro atoms. The largest absolute Gasteiger partial charge is 0.297 e. The minimum atomic E-state index is -0.295. The summed E-state index contributed by atoms with van der Waals surface area (Å²) < 4.78 is 32.1. The van der Waals surface area contributed by atoms with Gasteiger partial charge < -0.3 is 0 Å². The van der Waals surface area contributed by atoms with E-state index in [0.717, 1.165) is 37.7 Å². The Morgan fingerprint density at radius 1 is 1.07 bits per heavy atom. The summed E-state index contributed by atoms with van der Waals surface area (Å²) in [6, 6.07) is 13.7. The van der Waals surface area contributed by atoms with E-state index in [1.807, 2.05) is 22.8 Å². The van der Waals surface area contributed by atoms with E-state index in [4.69, 9.17) is 12.2 Å². The molecular weight excluding hydrogens is 390 g/mol. The van der Waals surface area contributed by atoms with Crippen molar-refractivity contribution < 1.29 is 8.78 Å². The molecule has 0 atom stereocenters. The van der Waals surface area contributed by atoms with Gasteiger partial charge in [-0.3, -0.25) is 9.88 Å². The Kier molecular flexibility index (Phi) is 4.59. The Balaban J connectivity index is 1.46. The van der Waals surface area contributed by atoms with Gasteiger partial charge >= 0.3 is 0 Å². The molecule has 29 heavy (non-hydrogen) atoms. The molecule has 1 aromatic heterocycles. The van der Waals surface area contributed by atoms with Crippen LogP contribution in [0.5, 0.6) is 0 Å². The third kappa shape index (κ3) is 3.32. The van der Waals surface area contributed by atoms with E-state index in [-0.39, 0.29) is 17.2 Å². The summed E-state index contributed by atoms with van der Waals surface area (Å²) in [7, 11) is 0. The molecule has 0 amide bonds. The van der Waals surface area contributed by atoms with Crippen molar-refractivity contribution in [1.29, 1.82) is 0 Å². The number of hydrogen-bond donors (Lipinski definition) is 1. The summed E-state index contributed by atoms with van der Waals surface area (Å²) in [6.07, 6.45) is 5.15. The van der Waals surface area contributed by atoms with Crippen LogP contribution in [-0.2, 0) is 12.2 Å². The van der Waals surface area contributed by atoms with Crippen molar-refractivity contribution in [3.63, 3.8) is 0 Å². The molecule has 1 heterocycles. The molecular formula is C22H22F2N4S. The quantitative estimate of drug-likeness (QED) is 0.557. The highest BCUT2D eigenvalue weighted by atomic mass is 32.1. The van der Waals surface area contributed by atoms with Crippen LogP contribution in [0.3, 0.4) is 0 Å². The molecule has 0 unspecified atom stereocenters. The maximum atomic E-state index is 14.4. The zero-order chi connectivity index (χ0) is 20.0. The van der Waals surface area contributed by atoms with E-state index < -0.39 is 0 Å². The van der Waals surface area contributed by atoms with Crippen LogP contribution in [0.1, 0.15) is 43.7 Å². The number of aromatic nitrogens is 3. The second-order valence-electron chi connectivity index (χ2n) is 7.96. The highest BCUT2D eigenvalue weighted by molar-refractivity contribution is 7.71. The van der Waals surface area contributed by atoms with Gasteiger partial charge in [0.15, 0.2) is 10.6 Å². The molecule has 0 aliphatic heterocycles. The van der Waals surface area contributed by atoms with Gasteiger partial charge in [-0.15, -0.1) is 0 Å². The monoisotopic (exact) mass is 412 g/mol. The lowest BCUT2D eigenvalue weighted by Crippen LogP contribution is -2.48. The highest BCUT2D eigenvalue weighted by Gasteiger charge is 2.38. The average molecular weight is 413 g/mol. The number of rotatable bonds is 6. The minimum Gasteiger partial charge on any atom is -0.297 e. The lowest BCUT2D eigenvalue weighted by atomic mass is 9.72. The zero-order valence-electron chi connectivity index (χ0n) is 15.9. The number of hydrogen-bond acceptors (Lipinski definition) is 3. The van der Waals surface area contributed by atoms with Gasteiger partial charge in [0, 0.05) is 11.6 Å². The van der Waals surface area contributed by atoms with Gasteiger partial charge in [-0.05, 0) is 74.2 Å². The SMILES string of the molecule is Fc1ccc(C2(NCn3nc(-c4ccccc4F)n(C4CC4)c3=S)CCC2)cc1. The van der Waals surface area contributed by atoms with Gasteiger partial charge in [-0.2, -0.15) is 5.10 Å². The molecule has 2 fully saturated rings. The number of halogens is 2. The van der Waals surface area contributed by atoms with Gasteiger partial charge in [0.25, 0.3) is 0 Å². The standard InChI is InChI=1S/C22H22F2N4S/c23-16-8-6-15(7-9-16)22(12-3-13-22)25-14-27-21(29)28(17-10-11-17)20(26-27)18-4-1-2-5-19(18)24/h1-2,4-9,17,25H,3,10-14H2. The molecule has 2 aliphatic carbocycles. The molecule has 0 bridgehead atoms. The van der Waals surface area contributed by atoms with Crippen molar-refractivity contribution in [2.45, 2.75) is 50.4 Å². The Morgan fingerprint density at radius 3 is 2.41 bits per heavy atom. The molecule has 2 aromatic carbocycles. The third-order valence-corrected chi connectivity index (χ3v) is 6.48. The molecule has 3 aromatic rings. The molecule has 4 nitrogen and oxygen atoms in total. The Hall–Kier alpha value is -2.38. The number of nitrogens with one attached hydrogen (secondary N) is 1. The zero-order valence-corrected chi connectivity index (χ0v) is 16.8. The molecule has 1 N–H and O–H groups in total. The van der Waals surface area contributed by atoms with Crippen LogP contribution in [0.25, 0.3) is 11.4 Å². The fraction of sp³-hybridized carbons (Fsp3) is 0.364. The first kappa shape index (κ1) is 18.6. The van der Waals surface area contributed by atoms with E-state index in [2.05, 4.69) is 10.4 Å². The van der Waals surface area contributed by atoms with Crippen LogP contribution >= 0.6 is 12.2 Å². The van der Waals surface area contributed by atoms with E-state index in [0.29, 0.717) is 28.9 Å². The number of benzene rings is 2. The smallest absolute Gasteiger partial charge is 0.199 e. The average Bonchev–Trinajstić information content (AvgIpc) is 3.47. The first-order chi connectivity index (χ1) is 14.1. The summed E-state index contributed by atoms with van der Waals surface area (Å²) >= 11 is 5.70. The lowest BCUT2D eigenvalue weighted by Gasteiger charge is -2.43. The Morgan fingerprint density at radius 2 is 1.79 bits per heavy atom. The van der Waals surface area contributed by atoms with Crippen LogP contribution < -0.4 is 5.32 Å². The van der Waals surface area contributed by atoms with Gasteiger partial charge in [-0.25, -0.2) is 13.5 Å². The molecule has 2 saturated carbocycles. The molecule has 7 heteroatoms. The second-order valence-corrected chi connectivity index (χ2v) is 8.33. The third-order valence-electron chi connectivity index (χ3n) is 6.07. The van der Waals surface area contributed by atoms with Crippen LogP contribution in [-0.4, -0.2) is 14.3 Å². The fourth-order valence-corrected chi connectivity index (χ4v) is 4.45. The molecule has 0 saturated heterocycles. The molecule has 2 aliphatic rings. The predicted octanol–water partition coefficient (Wildman–Crippen LogP) is 5.32. The first-order valence-corrected chi connectivity index (χ1v) is 10.4. The minimum absolute atomic E-state index is 0.190. The van der Waals surface area contributed by atoms with Crippen molar-refractivity contribution in [2.24, 2.45) is 0 Å². The van der Waals surface area contributed by atoms with E-state index in [9.17, 15) is 8.78 Å². The topological polar surface area (TPSA) is 34.8 Å². The van der Waals surface area contributed by atoms with Gasteiger partial charge in [0.2, 0.25) is 0 Å². The van der Waals surface area contributed by atoms with E-state index >= 15 is 0 Å². The van der Waals surface area contributed by atoms with Gasteiger partial charge in [0.05, 0.1) is 12.2 Å². The van der Waals surface area contributed by atoms with Crippen LogP contribution in [0.2, 0.25) is 0 Å². The summed E-state index contributed by atoms with van der Waals surface area (Å²) in [6.45, 7) is 0.428. The maximum Gasteiger partial charge on any atom is 0.199 e. The highest BCUT2D eigenvalue weighted by Crippen LogP contribution is 2.42. The van der Waals surface area contributed by atoms with Crippen LogP contribution in [0, 0.1) is 16.4 Å². The summed E-state index contributed by atoms with van der Waals surface area (Å²) in [5, 5.41) is 8.28. The normalized spacial score (nSPS) is 17.9. The maximum absolute atomic E-state index is 14.4. The molecule has 5 rings (SSSR count). The predicted molar refractivity (Wildman–Crippen MR) is 110 cm³/mol. The van der Waals surface area contributed by atoms with Gasteiger partial charge in [-0.1, -0.05) is 24.3 Å². The summed E-state index contributed by atoms with van der Waals surface area (Å²) in [5.74, 6) is 0.0567. The van der Waals surface area contributed by atoms with E-state index in [1.54, 1.807) is 16.8 Å². The van der Waals surface area contributed by atoms with Crippen molar-refractivity contribution in [3.8, 4) is 11.4 Å². The summed E-state index contributed by atoms with van der Waals surface area (Å²) in [5.41, 5.74) is 1.36. The number of nitrogens with zero attached hydrogens (tertiary/aromatic N) is 3. The first-order valence-electron chi connectivity index (χ1n) is 10.0. The van der Waals surface area contributed by atoms with Crippen LogP contribution in [0.15, 0.2) is 48.5 Å².